The first kappa shape index (κ1) is 26.6. The van der Waals surface area contributed by atoms with Crippen molar-refractivity contribution >= 4 is 27.9 Å². The quantitative estimate of drug-likeness (QED) is 0.257. The third-order valence-corrected chi connectivity index (χ3v) is 5.07. The smallest absolute Gasteiger partial charge is 0.462 e. The number of carbonyl (C=O) groups is 3. The standard InChI is InChI=1S/C8H7NO5.C6H7NO2.C4H8O2S/c1-5(2-9)7(10)12-3-6-4-13-8(11)14-6;1-3-9-6(8)5(2)4-7;5-7(6)3-1-2-4-7/h6H,1,3-4H2;2-3H2,1H3;1-4H2. The molecule has 1 atom stereocenters. The predicted molar refractivity (Wildman–Crippen MR) is 101 cm³/mol. The molecule has 2 rings (SSSR count). The summed E-state index contributed by atoms with van der Waals surface area (Å²) < 4.78 is 38.9. The summed E-state index contributed by atoms with van der Waals surface area (Å²) in [5.41, 5.74) is -0.452. The Balaban J connectivity index is 0.000000452. The lowest BCUT2D eigenvalue weighted by molar-refractivity contribution is -0.141. The van der Waals surface area contributed by atoms with Crippen LogP contribution >= 0.6 is 0 Å². The third-order valence-electron chi connectivity index (χ3n) is 3.25. The van der Waals surface area contributed by atoms with Gasteiger partial charge in [0, 0.05) is 0 Å². The van der Waals surface area contributed by atoms with E-state index in [1.807, 2.05) is 0 Å². The van der Waals surface area contributed by atoms with Crippen LogP contribution in [0.4, 0.5) is 4.79 Å². The molecule has 164 valence electrons. The van der Waals surface area contributed by atoms with Gasteiger partial charge in [-0.3, -0.25) is 0 Å². The average Bonchev–Trinajstić information content (AvgIpc) is 3.32. The molecule has 0 aromatic carbocycles. The molecule has 0 aromatic heterocycles. The maximum atomic E-state index is 10.9. The van der Waals surface area contributed by atoms with Crippen molar-refractivity contribution in [3.05, 3.63) is 24.3 Å². The second-order valence-corrected chi connectivity index (χ2v) is 7.96. The van der Waals surface area contributed by atoms with E-state index in [2.05, 4.69) is 32.1 Å². The average molecular weight is 442 g/mol. The molecule has 2 fully saturated rings. The summed E-state index contributed by atoms with van der Waals surface area (Å²) in [4.78, 5) is 31.7. The summed E-state index contributed by atoms with van der Waals surface area (Å²) in [7, 11) is -2.55. The molecule has 0 radical (unpaired) electrons. The molecule has 1 unspecified atom stereocenters. The maximum Gasteiger partial charge on any atom is 0.508 e. The second kappa shape index (κ2) is 13.7. The lowest BCUT2D eigenvalue weighted by atomic mass is 10.3. The normalized spacial score (nSPS) is 17.7. The number of cyclic esters (lactones) is 2. The number of nitriles is 2. The van der Waals surface area contributed by atoms with Crippen LogP contribution in [0.3, 0.4) is 0 Å². The number of nitrogens with zero attached hydrogens (tertiary/aromatic N) is 2. The van der Waals surface area contributed by atoms with E-state index in [4.69, 9.17) is 10.5 Å². The first-order valence-electron chi connectivity index (χ1n) is 8.62. The largest absolute Gasteiger partial charge is 0.508 e. The Kier molecular flexibility index (Phi) is 12.2. The number of carbonyl (C=O) groups excluding carboxylic acids is 3. The van der Waals surface area contributed by atoms with Gasteiger partial charge in [-0.2, -0.15) is 10.5 Å². The van der Waals surface area contributed by atoms with Crippen molar-refractivity contribution in [2.45, 2.75) is 25.9 Å². The van der Waals surface area contributed by atoms with E-state index in [1.54, 1.807) is 19.1 Å². The summed E-state index contributed by atoms with van der Waals surface area (Å²) in [6.45, 7) is 8.17. The van der Waals surface area contributed by atoms with Crippen LogP contribution in [0.1, 0.15) is 19.8 Å². The Morgan fingerprint density at radius 3 is 1.93 bits per heavy atom. The molecule has 11 nitrogen and oxygen atoms in total. The highest BCUT2D eigenvalue weighted by atomic mass is 32.2. The number of hydrogen-bond acceptors (Lipinski definition) is 11. The Labute approximate surface area is 174 Å². The van der Waals surface area contributed by atoms with E-state index in [-0.39, 0.29) is 31.0 Å². The fourth-order valence-corrected chi connectivity index (χ4v) is 3.25. The van der Waals surface area contributed by atoms with E-state index in [9.17, 15) is 22.8 Å². The van der Waals surface area contributed by atoms with Crippen LogP contribution in [0, 0.1) is 22.7 Å². The van der Waals surface area contributed by atoms with E-state index >= 15 is 0 Å². The van der Waals surface area contributed by atoms with Gasteiger partial charge >= 0.3 is 18.1 Å². The number of esters is 2. The Bertz CT molecular complexity index is 838. The minimum Gasteiger partial charge on any atom is -0.462 e. The van der Waals surface area contributed by atoms with Gasteiger partial charge in [0.05, 0.1) is 18.1 Å². The Hall–Kier alpha value is -3.38. The molecule has 0 aliphatic carbocycles. The van der Waals surface area contributed by atoms with E-state index < -0.39 is 34.0 Å². The summed E-state index contributed by atoms with van der Waals surface area (Å²) >= 11 is 0. The van der Waals surface area contributed by atoms with Crippen molar-refractivity contribution in [1.29, 1.82) is 10.5 Å². The molecule has 2 saturated heterocycles. The zero-order chi connectivity index (χ0) is 23.2. The van der Waals surface area contributed by atoms with Crippen LogP contribution in [0.15, 0.2) is 24.3 Å². The molecule has 0 bridgehead atoms. The van der Waals surface area contributed by atoms with Crippen LogP contribution < -0.4 is 0 Å². The van der Waals surface area contributed by atoms with Gasteiger partial charge in [0.2, 0.25) is 0 Å². The van der Waals surface area contributed by atoms with Crippen LogP contribution in [0.25, 0.3) is 0 Å². The Morgan fingerprint density at radius 2 is 1.60 bits per heavy atom. The van der Waals surface area contributed by atoms with Gasteiger partial charge in [-0.1, -0.05) is 13.2 Å². The summed E-state index contributed by atoms with van der Waals surface area (Å²) in [5.74, 6) is -0.615. The minimum absolute atomic E-state index is 0.0468. The van der Waals surface area contributed by atoms with Crippen molar-refractivity contribution in [3.8, 4) is 12.1 Å². The molecule has 0 spiro atoms. The molecule has 0 N–H and O–H groups in total. The van der Waals surface area contributed by atoms with Crippen LogP contribution in [-0.2, 0) is 38.4 Å². The number of rotatable bonds is 5. The van der Waals surface area contributed by atoms with Gasteiger partial charge in [-0.25, -0.2) is 22.8 Å². The molecular formula is C18H22N2O9S. The number of sulfone groups is 1. The summed E-state index contributed by atoms with van der Waals surface area (Å²) in [5, 5.41) is 16.4. The molecule has 0 saturated carbocycles. The molecule has 2 aliphatic heterocycles. The lowest BCUT2D eigenvalue weighted by Crippen LogP contribution is -2.21. The molecule has 0 aromatic rings. The molecule has 30 heavy (non-hydrogen) atoms. The van der Waals surface area contributed by atoms with Crippen molar-refractivity contribution < 1.29 is 41.7 Å². The highest BCUT2D eigenvalue weighted by Crippen LogP contribution is 2.08. The zero-order valence-corrected chi connectivity index (χ0v) is 17.2. The van der Waals surface area contributed by atoms with Crippen molar-refractivity contribution in [2.24, 2.45) is 0 Å². The minimum atomic E-state index is -2.55. The fraction of sp³-hybridized carbons (Fsp3) is 0.500. The first-order chi connectivity index (χ1) is 14.1. The lowest BCUT2D eigenvalue weighted by Gasteiger charge is -2.06. The van der Waals surface area contributed by atoms with Gasteiger partial charge in [-0.05, 0) is 19.8 Å². The number of hydrogen-bond donors (Lipinski definition) is 0. The highest BCUT2D eigenvalue weighted by Gasteiger charge is 2.26. The third kappa shape index (κ3) is 11.5. The molecule has 12 heteroatoms. The second-order valence-electron chi connectivity index (χ2n) is 5.66. The van der Waals surface area contributed by atoms with Gasteiger partial charge in [0.1, 0.15) is 46.3 Å². The topological polar surface area (TPSA) is 170 Å². The molecule has 0 amide bonds. The van der Waals surface area contributed by atoms with Gasteiger partial charge in [0.15, 0.2) is 6.10 Å². The Morgan fingerprint density at radius 1 is 1.10 bits per heavy atom. The van der Waals surface area contributed by atoms with Gasteiger partial charge < -0.3 is 18.9 Å². The van der Waals surface area contributed by atoms with E-state index in [0.717, 1.165) is 12.8 Å². The molecule has 2 aliphatic rings. The van der Waals surface area contributed by atoms with E-state index in [1.165, 1.54) is 0 Å². The molecular weight excluding hydrogens is 420 g/mol. The van der Waals surface area contributed by atoms with Crippen LogP contribution in [0.2, 0.25) is 0 Å². The zero-order valence-electron chi connectivity index (χ0n) is 16.4. The summed E-state index contributed by atoms with van der Waals surface area (Å²) in [6.07, 6.45) is 0.369. The van der Waals surface area contributed by atoms with Crippen LogP contribution in [-0.4, -0.2) is 63.9 Å². The summed E-state index contributed by atoms with van der Waals surface area (Å²) in [6, 6.07) is 3.12. The maximum absolute atomic E-state index is 10.9. The van der Waals surface area contributed by atoms with Crippen LogP contribution in [0.5, 0.6) is 0 Å². The van der Waals surface area contributed by atoms with Crippen molar-refractivity contribution in [3.63, 3.8) is 0 Å². The first-order valence-corrected chi connectivity index (χ1v) is 10.4. The van der Waals surface area contributed by atoms with Gasteiger partial charge in [-0.15, -0.1) is 0 Å². The molecule has 2 heterocycles. The van der Waals surface area contributed by atoms with E-state index in [0.29, 0.717) is 11.5 Å². The number of ether oxygens (including phenoxy) is 4. The van der Waals surface area contributed by atoms with Crippen molar-refractivity contribution in [1.82, 2.24) is 0 Å². The SMILES string of the molecule is C=C(C#N)C(=O)OCC.C=C(C#N)C(=O)OCC1COC(=O)O1.O=S1(=O)CCCC1. The monoisotopic (exact) mass is 442 g/mol. The predicted octanol–water partition coefficient (Wildman–Crippen LogP) is 0.969. The highest BCUT2D eigenvalue weighted by molar-refractivity contribution is 7.91. The van der Waals surface area contributed by atoms with Crippen molar-refractivity contribution in [2.75, 3.05) is 31.3 Å². The van der Waals surface area contributed by atoms with Gasteiger partial charge in [0.25, 0.3) is 0 Å². The fourth-order valence-electron chi connectivity index (χ4n) is 1.76.